The van der Waals surface area contributed by atoms with E-state index in [1.165, 1.54) is 17.2 Å². The lowest BCUT2D eigenvalue weighted by atomic mass is 10.1. The molecule has 4 rings (SSSR count). The topological polar surface area (TPSA) is 174 Å². The van der Waals surface area contributed by atoms with Gasteiger partial charge in [0.1, 0.15) is 31.2 Å². The molecule has 1 aliphatic rings. The summed E-state index contributed by atoms with van der Waals surface area (Å²) in [5.41, 5.74) is 1.84. The molecule has 4 N–H and O–H groups in total. The van der Waals surface area contributed by atoms with Crippen molar-refractivity contribution in [3.63, 3.8) is 0 Å². The first kappa shape index (κ1) is 21.7. The van der Waals surface area contributed by atoms with Crippen molar-refractivity contribution in [2.24, 2.45) is 0 Å². The second kappa shape index (κ2) is 8.93. The molecular formula is C17H21N6O7P. The molecule has 0 amide bonds. The van der Waals surface area contributed by atoms with E-state index in [1.807, 2.05) is 12.1 Å². The number of anilines is 1. The van der Waals surface area contributed by atoms with Crippen LogP contribution in [0, 0.1) is 0 Å². The molecule has 0 spiro atoms. The van der Waals surface area contributed by atoms with Gasteiger partial charge in [0.05, 0.1) is 6.33 Å². The highest BCUT2D eigenvalue weighted by Gasteiger charge is 2.44. The van der Waals surface area contributed by atoms with E-state index in [9.17, 15) is 14.8 Å². The molecule has 0 aliphatic carbocycles. The summed E-state index contributed by atoms with van der Waals surface area (Å²) in [5.74, 6) is 0.489. The fraction of sp³-hybridized carbons (Fsp3) is 0.412. The molecule has 13 nitrogen and oxygen atoms in total. The fourth-order valence-corrected chi connectivity index (χ4v) is 3.40. The second-order valence-corrected chi connectivity index (χ2v) is 8.72. The van der Waals surface area contributed by atoms with Crippen molar-refractivity contribution in [2.75, 3.05) is 18.6 Å². The molecule has 0 radical (unpaired) electrons. The highest BCUT2D eigenvalue weighted by molar-refractivity contribution is 7.51. The van der Waals surface area contributed by atoms with E-state index in [0.717, 1.165) is 12.2 Å². The molecule has 3 aromatic heterocycles. The van der Waals surface area contributed by atoms with Gasteiger partial charge in [0.15, 0.2) is 23.2 Å². The lowest BCUT2D eigenvalue weighted by molar-refractivity contribution is -0.238. The summed E-state index contributed by atoms with van der Waals surface area (Å²) >= 11 is 0. The van der Waals surface area contributed by atoms with Crippen molar-refractivity contribution >= 4 is 24.6 Å². The van der Waals surface area contributed by atoms with E-state index in [-0.39, 0.29) is 6.61 Å². The van der Waals surface area contributed by atoms with Crippen LogP contribution in [0.25, 0.3) is 11.2 Å². The first-order valence-electron chi connectivity index (χ1n) is 9.27. The molecule has 166 valence electrons. The number of aliphatic hydroxyl groups is 2. The number of hydrogen-bond donors (Lipinski definition) is 4. The zero-order valence-electron chi connectivity index (χ0n) is 16.3. The molecule has 1 fully saturated rings. The van der Waals surface area contributed by atoms with Crippen molar-refractivity contribution in [1.29, 1.82) is 0 Å². The molecular weight excluding hydrogens is 431 g/mol. The number of hydrogen-bond acceptors (Lipinski definition) is 11. The summed E-state index contributed by atoms with van der Waals surface area (Å²) in [6, 6.07) is 3.74. The van der Waals surface area contributed by atoms with Gasteiger partial charge in [0.25, 0.3) is 0 Å². The maximum atomic E-state index is 11.1. The van der Waals surface area contributed by atoms with Crippen molar-refractivity contribution in [2.45, 2.75) is 31.1 Å². The van der Waals surface area contributed by atoms with E-state index in [0.29, 0.717) is 23.5 Å². The average molecular weight is 452 g/mol. The Morgan fingerprint density at radius 1 is 1.23 bits per heavy atom. The van der Waals surface area contributed by atoms with Gasteiger partial charge in [-0.05, 0) is 17.7 Å². The summed E-state index contributed by atoms with van der Waals surface area (Å²) in [6.07, 6.45) is 1.48. The third kappa shape index (κ3) is 4.88. The smallest absolute Gasteiger partial charge is 0.352 e. The van der Waals surface area contributed by atoms with Crippen LogP contribution in [0.4, 0.5) is 5.82 Å². The molecule has 31 heavy (non-hydrogen) atoms. The van der Waals surface area contributed by atoms with Gasteiger partial charge >= 0.3 is 7.60 Å². The van der Waals surface area contributed by atoms with Crippen LogP contribution < -0.4 is 5.32 Å². The highest BCUT2D eigenvalue weighted by Crippen LogP contribution is 2.38. The molecule has 4 heterocycles. The number of ether oxygens (including phenoxy) is 1. The Morgan fingerprint density at radius 3 is 2.74 bits per heavy atom. The predicted molar refractivity (Wildman–Crippen MR) is 106 cm³/mol. The third-order valence-electron chi connectivity index (χ3n) is 4.60. The van der Waals surface area contributed by atoms with Gasteiger partial charge in [-0.2, -0.15) is 0 Å². The van der Waals surface area contributed by atoms with Crippen molar-refractivity contribution in [3.8, 4) is 0 Å². The molecule has 1 saturated heterocycles. The number of imidazole rings is 1. The highest BCUT2D eigenvalue weighted by atomic mass is 31.2. The summed E-state index contributed by atoms with van der Waals surface area (Å²) in [6.45, 7) is 1.08. The maximum absolute atomic E-state index is 11.1. The van der Waals surface area contributed by atoms with Crippen LogP contribution in [-0.2, 0) is 25.4 Å². The first-order chi connectivity index (χ1) is 14.8. The standard InChI is InChI=1S/C17H21N6O7P/c1-31(26,27)30-28-7-11-13(24)14(25)17(29-11)23-9-22-12-15(20-8-21-16(12)23)19-6-10-2-4-18-5-3-10/h2-5,8-9,11,13-14,17,24-25H,6-7H2,1H3,(H,26,27)(H,19,20,21)/t11-,13-,14-,17-/m1/s1. The van der Waals surface area contributed by atoms with E-state index >= 15 is 0 Å². The summed E-state index contributed by atoms with van der Waals surface area (Å²) in [7, 11) is -3.85. The van der Waals surface area contributed by atoms with Crippen LogP contribution in [0.5, 0.6) is 0 Å². The number of aliphatic hydroxyl groups excluding tert-OH is 2. The molecule has 0 aromatic carbocycles. The molecule has 1 aliphatic heterocycles. The van der Waals surface area contributed by atoms with Gasteiger partial charge in [-0.1, -0.05) is 0 Å². The summed E-state index contributed by atoms with van der Waals surface area (Å²) < 4.78 is 22.6. The summed E-state index contributed by atoms with van der Waals surface area (Å²) in [5, 5.41) is 23.9. The van der Waals surface area contributed by atoms with Gasteiger partial charge < -0.3 is 25.2 Å². The predicted octanol–water partition coefficient (Wildman–Crippen LogP) is 0.216. The minimum Gasteiger partial charge on any atom is -0.387 e. The fourth-order valence-electron chi connectivity index (χ4n) is 3.15. The minimum atomic E-state index is -3.85. The maximum Gasteiger partial charge on any atom is 0.352 e. The van der Waals surface area contributed by atoms with Crippen LogP contribution in [-0.4, -0.2) is 71.2 Å². The van der Waals surface area contributed by atoms with Crippen LogP contribution in [0.3, 0.4) is 0 Å². The van der Waals surface area contributed by atoms with E-state index in [1.54, 1.807) is 12.4 Å². The normalized spacial score (nSPS) is 25.5. The van der Waals surface area contributed by atoms with E-state index in [4.69, 9.17) is 9.63 Å². The number of aromatic nitrogens is 5. The third-order valence-corrected chi connectivity index (χ3v) is 4.98. The van der Waals surface area contributed by atoms with Crippen LogP contribution >= 0.6 is 7.60 Å². The van der Waals surface area contributed by atoms with E-state index < -0.39 is 32.1 Å². The number of fused-ring (bicyclic) bond motifs is 1. The Morgan fingerprint density at radius 2 is 2.00 bits per heavy atom. The monoisotopic (exact) mass is 452 g/mol. The summed E-state index contributed by atoms with van der Waals surface area (Å²) in [4.78, 5) is 30.5. The number of pyridine rings is 1. The molecule has 0 saturated carbocycles. The number of nitrogens with zero attached hydrogens (tertiary/aromatic N) is 5. The molecule has 1 unspecified atom stereocenters. The van der Waals surface area contributed by atoms with Crippen molar-refractivity contribution in [1.82, 2.24) is 24.5 Å². The second-order valence-electron chi connectivity index (χ2n) is 6.96. The average Bonchev–Trinajstić information content (AvgIpc) is 3.29. The van der Waals surface area contributed by atoms with Crippen LogP contribution in [0.15, 0.2) is 37.2 Å². The van der Waals surface area contributed by atoms with Gasteiger partial charge in [0, 0.05) is 25.6 Å². The lowest BCUT2D eigenvalue weighted by Crippen LogP contribution is -2.33. The number of nitrogens with one attached hydrogen (secondary N) is 1. The van der Waals surface area contributed by atoms with E-state index in [2.05, 4.69) is 34.8 Å². The van der Waals surface area contributed by atoms with Crippen molar-refractivity contribution < 1.29 is 34.0 Å². The SMILES string of the molecule is CP(=O)(O)OOC[C@H]1O[C@@H](n2cnc3c(NCc4ccncc4)ncnc32)[C@H](O)[C@@H]1O. The molecule has 3 aromatic rings. The molecule has 5 atom stereocenters. The van der Waals surface area contributed by atoms with Gasteiger partial charge in [-0.15, -0.1) is 4.67 Å². The quantitative estimate of drug-likeness (QED) is 0.208. The largest absolute Gasteiger partial charge is 0.387 e. The zero-order valence-corrected chi connectivity index (χ0v) is 17.2. The Balaban J connectivity index is 1.50. The van der Waals surface area contributed by atoms with Crippen molar-refractivity contribution in [3.05, 3.63) is 42.7 Å². The Hall–Kier alpha value is -2.51. The zero-order chi connectivity index (χ0) is 22.0. The molecule has 0 bridgehead atoms. The molecule has 14 heteroatoms. The van der Waals surface area contributed by atoms with Crippen LogP contribution in [0.2, 0.25) is 0 Å². The first-order valence-corrected chi connectivity index (χ1v) is 11.3. The van der Waals surface area contributed by atoms with Gasteiger partial charge in [0.2, 0.25) is 0 Å². The minimum absolute atomic E-state index is 0.368. The van der Waals surface area contributed by atoms with Gasteiger partial charge in [-0.3, -0.25) is 14.1 Å². The lowest BCUT2D eigenvalue weighted by Gasteiger charge is -2.16. The Bertz CT molecular complexity index is 1080. The van der Waals surface area contributed by atoms with Gasteiger partial charge in [-0.25, -0.2) is 19.8 Å². The Labute approximate surface area is 176 Å². The van der Waals surface area contributed by atoms with Crippen LogP contribution in [0.1, 0.15) is 11.8 Å². The Kier molecular flexibility index (Phi) is 6.25. The number of rotatable bonds is 8.